The Kier molecular flexibility index (Phi) is 3.72. The Morgan fingerprint density at radius 1 is 1.67 bits per heavy atom. The summed E-state index contributed by atoms with van der Waals surface area (Å²) >= 11 is 0. The SMILES string of the molecule is C=C(N)CC/C=C(\C)c1c(C)cnn1C. The van der Waals surface area contributed by atoms with Gasteiger partial charge in [-0.15, -0.1) is 0 Å². The van der Waals surface area contributed by atoms with Crippen LogP contribution in [-0.4, -0.2) is 9.78 Å². The number of hydrogen-bond acceptors (Lipinski definition) is 2. The van der Waals surface area contributed by atoms with Crippen molar-refractivity contribution < 1.29 is 0 Å². The van der Waals surface area contributed by atoms with Crippen molar-refractivity contribution in [2.75, 3.05) is 0 Å². The van der Waals surface area contributed by atoms with E-state index >= 15 is 0 Å². The van der Waals surface area contributed by atoms with Crippen LogP contribution in [0.1, 0.15) is 31.0 Å². The van der Waals surface area contributed by atoms with Gasteiger partial charge in [-0.05, 0) is 37.8 Å². The average molecular weight is 205 g/mol. The second-order valence-corrected chi connectivity index (χ2v) is 3.88. The van der Waals surface area contributed by atoms with Crippen molar-refractivity contribution in [2.24, 2.45) is 12.8 Å². The van der Waals surface area contributed by atoms with E-state index in [1.165, 1.54) is 16.8 Å². The number of rotatable bonds is 4. The predicted molar refractivity (Wildman–Crippen MR) is 64.2 cm³/mol. The summed E-state index contributed by atoms with van der Waals surface area (Å²) in [5, 5.41) is 4.21. The van der Waals surface area contributed by atoms with E-state index in [9.17, 15) is 0 Å². The molecule has 2 N–H and O–H groups in total. The molecule has 0 saturated carbocycles. The van der Waals surface area contributed by atoms with Gasteiger partial charge in [0.25, 0.3) is 0 Å². The smallest absolute Gasteiger partial charge is 0.0661 e. The zero-order valence-corrected chi connectivity index (χ0v) is 9.75. The van der Waals surface area contributed by atoms with E-state index in [-0.39, 0.29) is 0 Å². The van der Waals surface area contributed by atoms with E-state index in [1.54, 1.807) is 0 Å². The highest BCUT2D eigenvalue weighted by atomic mass is 15.3. The van der Waals surface area contributed by atoms with E-state index in [0.29, 0.717) is 0 Å². The van der Waals surface area contributed by atoms with Crippen LogP contribution in [0.5, 0.6) is 0 Å². The summed E-state index contributed by atoms with van der Waals surface area (Å²) in [6.07, 6.45) is 5.84. The molecule has 3 heteroatoms. The third-order valence-corrected chi connectivity index (χ3v) is 2.41. The Labute approximate surface area is 91.3 Å². The van der Waals surface area contributed by atoms with Gasteiger partial charge in [-0.25, -0.2) is 0 Å². The van der Waals surface area contributed by atoms with Gasteiger partial charge in [0.1, 0.15) is 0 Å². The maximum atomic E-state index is 5.52. The summed E-state index contributed by atoms with van der Waals surface area (Å²) in [6, 6.07) is 0. The van der Waals surface area contributed by atoms with E-state index in [4.69, 9.17) is 5.73 Å². The summed E-state index contributed by atoms with van der Waals surface area (Å²) in [5.74, 6) is 0. The third-order valence-electron chi connectivity index (χ3n) is 2.41. The van der Waals surface area contributed by atoms with Crippen LogP contribution in [0.15, 0.2) is 24.5 Å². The molecule has 0 aromatic carbocycles. The molecular formula is C12H19N3. The van der Waals surface area contributed by atoms with Gasteiger partial charge < -0.3 is 5.73 Å². The molecule has 0 bridgehead atoms. The van der Waals surface area contributed by atoms with Crippen molar-refractivity contribution >= 4 is 5.57 Å². The number of nitrogens with zero attached hydrogens (tertiary/aromatic N) is 2. The monoisotopic (exact) mass is 205 g/mol. The Morgan fingerprint density at radius 3 is 2.80 bits per heavy atom. The molecule has 0 aliphatic carbocycles. The summed E-state index contributed by atoms with van der Waals surface area (Å²) in [5.41, 5.74) is 9.90. The molecule has 0 fully saturated rings. The van der Waals surface area contributed by atoms with Crippen LogP contribution in [0, 0.1) is 6.92 Å². The minimum Gasteiger partial charge on any atom is -0.403 e. The first kappa shape index (κ1) is 11.6. The minimum atomic E-state index is 0.737. The van der Waals surface area contributed by atoms with Crippen LogP contribution < -0.4 is 5.73 Å². The highest BCUT2D eigenvalue weighted by molar-refractivity contribution is 5.63. The zero-order valence-electron chi connectivity index (χ0n) is 9.75. The third kappa shape index (κ3) is 2.98. The normalized spacial score (nSPS) is 11.8. The highest BCUT2D eigenvalue weighted by Gasteiger charge is 2.05. The molecular weight excluding hydrogens is 186 g/mol. The zero-order chi connectivity index (χ0) is 11.4. The molecule has 0 aliphatic heterocycles. The standard InChI is InChI=1S/C12H19N3/c1-9(6-5-7-11(3)13)12-10(2)8-14-15(12)4/h6,8H,3,5,7,13H2,1-2,4H3/b9-6+. The van der Waals surface area contributed by atoms with Crippen LogP contribution >= 0.6 is 0 Å². The molecule has 0 radical (unpaired) electrons. The van der Waals surface area contributed by atoms with Gasteiger partial charge in [-0.1, -0.05) is 12.7 Å². The quantitative estimate of drug-likeness (QED) is 0.820. The number of allylic oxidation sites excluding steroid dienone is 3. The Morgan fingerprint density at radius 2 is 2.33 bits per heavy atom. The van der Waals surface area contributed by atoms with Crippen LogP contribution in [0.4, 0.5) is 0 Å². The lowest BCUT2D eigenvalue weighted by Gasteiger charge is -2.04. The number of aryl methyl sites for hydroxylation is 2. The average Bonchev–Trinajstić information content (AvgIpc) is 2.45. The van der Waals surface area contributed by atoms with E-state index < -0.39 is 0 Å². The van der Waals surface area contributed by atoms with Crippen molar-refractivity contribution in [2.45, 2.75) is 26.7 Å². The van der Waals surface area contributed by atoms with E-state index in [1.807, 2.05) is 17.9 Å². The van der Waals surface area contributed by atoms with Crippen LogP contribution in [-0.2, 0) is 7.05 Å². The molecule has 1 aromatic heterocycles. The fourth-order valence-corrected chi connectivity index (χ4v) is 1.68. The second-order valence-electron chi connectivity index (χ2n) is 3.88. The van der Waals surface area contributed by atoms with Crippen molar-refractivity contribution in [1.29, 1.82) is 0 Å². The van der Waals surface area contributed by atoms with Gasteiger partial charge >= 0.3 is 0 Å². The Hall–Kier alpha value is -1.51. The van der Waals surface area contributed by atoms with Gasteiger partial charge in [-0.2, -0.15) is 5.10 Å². The van der Waals surface area contributed by atoms with Gasteiger partial charge in [0.05, 0.1) is 11.9 Å². The van der Waals surface area contributed by atoms with Gasteiger partial charge in [-0.3, -0.25) is 4.68 Å². The molecule has 3 nitrogen and oxygen atoms in total. The van der Waals surface area contributed by atoms with Crippen LogP contribution in [0.2, 0.25) is 0 Å². The fraction of sp³-hybridized carbons (Fsp3) is 0.417. The molecule has 82 valence electrons. The van der Waals surface area contributed by atoms with Crippen molar-refractivity contribution in [3.05, 3.63) is 35.8 Å². The molecule has 0 unspecified atom stereocenters. The van der Waals surface area contributed by atoms with Gasteiger partial charge in [0, 0.05) is 12.7 Å². The molecule has 1 heterocycles. The first-order chi connectivity index (χ1) is 7.02. The second kappa shape index (κ2) is 4.82. The van der Waals surface area contributed by atoms with Crippen molar-refractivity contribution in [3.8, 4) is 0 Å². The molecule has 0 aliphatic rings. The van der Waals surface area contributed by atoms with Crippen LogP contribution in [0.3, 0.4) is 0 Å². The predicted octanol–water partition coefficient (Wildman–Crippen LogP) is 2.38. The van der Waals surface area contributed by atoms with Gasteiger partial charge in [0.2, 0.25) is 0 Å². The molecule has 0 amide bonds. The van der Waals surface area contributed by atoms with Crippen LogP contribution in [0.25, 0.3) is 5.57 Å². The maximum Gasteiger partial charge on any atom is 0.0661 e. The first-order valence-corrected chi connectivity index (χ1v) is 5.11. The fourth-order valence-electron chi connectivity index (χ4n) is 1.68. The number of nitrogens with two attached hydrogens (primary N) is 1. The highest BCUT2D eigenvalue weighted by Crippen LogP contribution is 2.18. The summed E-state index contributed by atoms with van der Waals surface area (Å²) < 4.78 is 1.90. The molecule has 1 rings (SSSR count). The topological polar surface area (TPSA) is 43.8 Å². The van der Waals surface area contributed by atoms with E-state index in [0.717, 1.165) is 18.5 Å². The summed E-state index contributed by atoms with van der Waals surface area (Å²) in [6.45, 7) is 7.85. The maximum absolute atomic E-state index is 5.52. The molecule has 15 heavy (non-hydrogen) atoms. The molecule has 0 saturated heterocycles. The molecule has 0 spiro atoms. The Bertz CT molecular complexity index is 366. The summed E-state index contributed by atoms with van der Waals surface area (Å²) in [7, 11) is 1.96. The summed E-state index contributed by atoms with van der Waals surface area (Å²) in [4.78, 5) is 0. The van der Waals surface area contributed by atoms with Crippen molar-refractivity contribution in [3.63, 3.8) is 0 Å². The Balaban J connectivity index is 2.75. The minimum absolute atomic E-state index is 0.737. The lowest BCUT2D eigenvalue weighted by molar-refractivity contribution is 0.754. The molecule has 0 atom stereocenters. The molecule has 1 aromatic rings. The first-order valence-electron chi connectivity index (χ1n) is 5.11. The largest absolute Gasteiger partial charge is 0.403 e. The number of aromatic nitrogens is 2. The van der Waals surface area contributed by atoms with Gasteiger partial charge in [0.15, 0.2) is 0 Å². The number of hydrogen-bond donors (Lipinski definition) is 1. The van der Waals surface area contributed by atoms with E-state index in [2.05, 4.69) is 31.6 Å². The lowest BCUT2D eigenvalue weighted by Crippen LogP contribution is -1.97. The van der Waals surface area contributed by atoms with Crippen molar-refractivity contribution in [1.82, 2.24) is 9.78 Å². The lowest BCUT2D eigenvalue weighted by atomic mass is 10.1.